The highest BCUT2D eigenvalue weighted by molar-refractivity contribution is 5.87. The van der Waals surface area contributed by atoms with E-state index in [-0.39, 0.29) is 17.5 Å². The Kier molecular flexibility index (Phi) is 2.96. The van der Waals surface area contributed by atoms with E-state index in [9.17, 15) is 9.90 Å². The Morgan fingerprint density at radius 2 is 2.05 bits per heavy atom. The molecule has 0 unspecified atom stereocenters. The van der Waals surface area contributed by atoms with Crippen molar-refractivity contribution in [1.82, 2.24) is 4.98 Å². The topological polar surface area (TPSA) is 65.0 Å². The second-order valence-corrected chi connectivity index (χ2v) is 5.85. The molecule has 1 N–H and O–H groups in total. The number of allylic oxidation sites excluding steroid dienone is 2. The van der Waals surface area contributed by atoms with Crippen molar-refractivity contribution in [2.24, 2.45) is 5.92 Å². The van der Waals surface area contributed by atoms with Gasteiger partial charge in [0.05, 0.1) is 12.0 Å². The van der Waals surface area contributed by atoms with Crippen LogP contribution in [-0.4, -0.2) is 11.0 Å². The number of nitrogens with zero attached hydrogens (tertiary/aromatic N) is 1. The van der Waals surface area contributed by atoms with E-state index in [4.69, 9.17) is 0 Å². The summed E-state index contributed by atoms with van der Waals surface area (Å²) in [5.74, 6) is -0.488. The Hall–Kier alpha value is -2.62. The van der Waals surface area contributed by atoms with E-state index in [0.717, 1.165) is 17.7 Å². The third-order valence-electron chi connectivity index (χ3n) is 4.66. The zero-order valence-electron chi connectivity index (χ0n) is 11.9. The van der Waals surface area contributed by atoms with Gasteiger partial charge in [0.25, 0.3) is 0 Å². The van der Waals surface area contributed by atoms with Gasteiger partial charge in [-0.05, 0) is 53.3 Å². The highest BCUT2D eigenvalue weighted by atomic mass is 16.4. The minimum absolute atomic E-state index is 0.212. The van der Waals surface area contributed by atoms with Gasteiger partial charge in [-0.3, -0.25) is 4.98 Å². The molecule has 22 heavy (non-hydrogen) atoms. The number of carboxylic acid groups (broad SMARTS) is 1. The van der Waals surface area contributed by atoms with Crippen molar-refractivity contribution >= 4 is 11.7 Å². The molecule has 110 valence electrons. The van der Waals surface area contributed by atoms with Gasteiger partial charge in [0.1, 0.15) is 0 Å². The van der Waals surface area contributed by atoms with E-state index in [1.807, 2.05) is 30.6 Å². The Morgan fingerprint density at radius 1 is 1.23 bits per heavy atom. The molecular weight excluding hydrogens is 276 g/mol. The molecule has 0 radical (unpaired) electrons. The Balaban J connectivity index is 1.79. The minimum atomic E-state index is -1.13. The minimum Gasteiger partial charge on any atom is -0.545 e. The van der Waals surface area contributed by atoms with E-state index in [1.165, 1.54) is 5.56 Å². The first kappa shape index (κ1) is 13.1. The molecule has 1 aromatic carbocycles. The van der Waals surface area contributed by atoms with Crippen LogP contribution in [0, 0.1) is 5.92 Å². The molecule has 1 aromatic heterocycles. The quantitative estimate of drug-likeness (QED) is 0.862. The summed E-state index contributed by atoms with van der Waals surface area (Å²) in [7, 11) is 0. The number of benzene rings is 1. The zero-order chi connectivity index (χ0) is 15.1. The van der Waals surface area contributed by atoms with Crippen LogP contribution < -0.4 is 10.4 Å². The number of pyridine rings is 1. The van der Waals surface area contributed by atoms with Crippen molar-refractivity contribution in [3.05, 3.63) is 71.6 Å². The van der Waals surface area contributed by atoms with Crippen molar-refractivity contribution in [3.8, 4) is 0 Å². The predicted molar refractivity (Wildman–Crippen MR) is 81.4 cm³/mol. The number of aromatic carboxylic acids is 1. The number of hydrogen-bond donors (Lipinski definition) is 1. The normalized spacial score (nSPS) is 25.2. The third kappa shape index (κ3) is 1.99. The van der Waals surface area contributed by atoms with Crippen LogP contribution >= 0.6 is 0 Å². The summed E-state index contributed by atoms with van der Waals surface area (Å²) in [5.41, 5.74) is 3.50. The van der Waals surface area contributed by atoms with E-state index >= 15 is 0 Å². The zero-order valence-corrected chi connectivity index (χ0v) is 11.9. The van der Waals surface area contributed by atoms with Crippen LogP contribution in [0.25, 0.3) is 0 Å². The highest BCUT2D eigenvalue weighted by Gasteiger charge is 2.37. The summed E-state index contributed by atoms with van der Waals surface area (Å²) in [6.07, 6.45) is 8.98. The molecule has 2 heterocycles. The van der Waals surface area contributed by atoms with Crippen molar-refractivity contribution < 1.29 is 9.90 Å². The Bertz CT molecular complexity index is 755. The number of rotatable bonds is 2. The summed E-state index contributed by atoms with van der Waals surface area (Å²) >= 11 is 0. The van der Waals surface area contributed by atoms with E-state index in [1.54, 1.807) is 12.1 Å². The molecular formula is C18H15N2O2-. The summed E-state index contributed by atoms with van der Waals surface area (Å²) in [6, 6.07) is 9.47. The van der Waals surface area contributed by atoms with E-state index in [2.05, 4.69) is 22.5 Å². The monoisotopic (exact) mass is 291 g/mol. The number of fused-ring (bicyclic) bond motifs is 3. The van der Waals surface area contributed by atoms with Crippen LogP contribution in [0.1, 0.15) is 39.9 Å². The molecule has 1 aliphatic carbocycles. The van der Waals surface area contributed by atoms with Crippen LogP contribution in [0.4, 0.5) is 5.69 Å². The third-order valence-corrected chi connectivity index (χ3v) is 4.66. The van der Waals surface area contributed by atoms with Gasteiger partial charge in [-0.25, -0.2) is 0 Å². The number of aromatic nitrogens is 1. The lowest BCUT2D eigenvalue weighted by molar-refractivity contribution is -0.255. The lowest BCUT2D eigenvalue weighted by atomic mass is 9.77. The number of carbonyl (C=O) groups is 1. The molecule has 4 rings (SSSR count). The number of carbonyl (C=O) groups excluding carboxylic acids is 1. The molecule has 0 fully saturated rings. The standard InChI is InChI=1S/C18H16N2O2/c21-18(22)12-4-5-16-15(10-12)13-2-1-3-14(13)17(20-16)11-6-8-19-9-7-11/h1-2,4-10,13-14,17,20H,3H2,(H,21,22)/p-1/t13-,14-,17+/m1/s1. The largest absolute Gasteiger partial charge is 0.545 e. The smallest absolute Gasteiger partial charge is 0.0715 e. The molecule has 0 bridgehead atoms. The molecule has 0 spiro atoms. The van der Waals surface area contributed by atoms with Crippen molar-refractivity contribution in [2.75, 3.05) is 5.32 Å². The number of anilines is 1. The van der Waals surface area contributed by atoms with Gasteiger partial charge in [-0.1, -0.05) is 18.2 Å². The first-order valence-corrected chi connectivity index (χ1v) is 7.42. The van der Waals surface area contributed by atoms with Gasteiger partial charge in [-0.2, -0.15) is 0 Å². The summed E-state index contributed by atoms with van der Waals surface area (Å²) in [5, 5.41) is 14.7. The first-order chi connectivity index (χ1) is 10.7. The molecule has 4 heteroatoms. The second kappa shape index (κ2) is 4.98. The Morgan fingerprint density at radius 3 is 2.82 bits per heavy atom. The predicted octanol–water partition coefficient (Wildman–Crippen LogP) is 2.27. The SMILES string of the molecule is O=C([O-])c1ccc2c(c1)[C@@H]1C=CC[C@H]1[C@H](c1ccncc1)N2. The van der Waals surface area contributed by atoms with E-state index in [0.29, 0.717) is 5.92 Å². The fraction of sp³-hybridized carbons (Fsp3) is 0.222. The van der Waals surface area contributed by atoms with Crippen molar-refractivity contribution in [2.45, 2.75) is 18.4 Å². The average molecular weight is 291 g/mol. The average Bonchev–Trinajstić information content (AvgIpc) is 3.04. The molecule has 2 aliphatic rings. The maximum atomic E-state index is 11.1. The number of hydrogen-bond acceptors (Lipinski definition) is 4. The van der Waals surface area contributed by atoms with Crippen LogP contribution in [0.2, 0.25) is 0 Å². The molecule has 4 nitrogen and oxygen atoms in total. The maximum absolute atomic E-state index is 11.1. The van der Waals surface area contributed by atoms with Crippen molar-refractivity contribution in [1.29, 1.82) is 0 Å². The molecule has 1 aliphatic heterocycles. The Labute approximate surface area is 128 Å². The van der Waals surface area contributed by atoms with Gasteiger partial charge < -0.3 is 15.2 Å². The van der Waals surface area contributed by atoms with Gasteiger partial charge in [0, 0.05) is 24.0 Å². The molecule has 0 amide bonds. The van der Waals surface area contributed by atoms with E-state index < -0.39 is 5.97 Å². The molecule has 3 atom stereocenters. The second-order valence-electron chi connectivity index (χ2n) is 5.85. The van der Waals surface area contributed by atoms with Crippen LogP contribution in [0.5, 0.6) is 0 Å². The van der Waals surface area contributed by atoms with Crippen LogP contribution in [0.15, 0.2) is 54.9 Å². The first-order valence-electron chi connectivity index (χ1n) is 7.42. The van der Waals surface area contributed by atoms with Crippen LogP contribution in [0.3, 0.4) is 0 Å². The maximum Gasteiger partial charge on any atom is 0.0715 e. The highest BCUT2D eigenvalue weighted by Crippen LogP contribution is 2.49. The van der Waals surface area contributed by atoms with Gasteiger partial charge in [-0.15, -0.1) is 0 Å². The number of nitrogens with one attached hydrogen (secondary N) is 1. The molecule has 0 saturated carbocycles. The summed E-state index contributed by atoms with van der Waals surface area (Å²) < 4.78 is 0. The van der Waals surface area contributed by atoms with Gasteiger partial charge in [0.15, 0.2) is 0 Å². The molecule has 0 saturated heterocycles. The fourth-order valence-electron chi connectivity index (χ4n) is 3.62. The molecule has 2 aromatic rings. The summed E-state index contributed by atoms with van der Waals surface area (Å²) in [4.78, 5) is 15.2. The number of carboxylic acids is 1. The summed E-state index contributed by atoms with van der Waals surface area (Å²) in [6.45, 7) is 0. The lowest BCUT2D eigenvalue weighted by Gasteiger charge is -2.37. The fourth-order valence-corrected chi connectivity index (χ4v) is 3.62. The lowest BCUT2D eigenvalue weighted by Crippen LogP contribution is -2.30. The van der Waals surface area contributed by atoms with Gasteiger partial charge >= 0.3 is 0 Å². The van der Waals surface area contributed by atoms with Crippen molar-refractivity contribution in [3.63, 3.8) is 0 Å². The van der Waals surface area contributed by atoms with Crippen LogP contribution in [-0.2, 0) is 0 Å². The van der Waals surface area contributed by atoms with Gasteiger partial charge in [0.2, 0.25) is 0 Å².